The molecule has 0 radical (unpaired) electrons. The van der Waals surface area contributed by atoms with Gasteiger partial charge in [0.25, 0.3) is 5.56 Å². The quantitative estimate of drug-likeness (QED) is 0.770. The molecule has 0 aliphatic carbocycles. The monoisotopic (exact) mass is 193 g/mol. The van der Waals surface area contributed by atoms with Crippen LogP contribution in [0.5, 0.6) is 0 Å². The summed E-state index contributed by atoms with van der Waals surface area (Å²) in [5.41, 5.74) is 1.29. The van der Waals surface area contributed by atoms with E-state index in [1.54, 1.807) is 12.1 Å². The zero-order valence-electron chi connectivity index (χ0n) is 7.86. The van der Waals surface area contributed by atoms with E-state index >= 15 is 0 Å². The number of aryl methyl sites for hydroxylation is 1. The van der Waals surface area contributed by atoms with E-state index in [4.69, 9.17) is 9.52 Å². The highest BCUT2D eigenvalue weighted by atomic mass is 16.3. The first-order valence-electron chi connectivity index (χ1n) is 4.42. The van der Waals surface area contributed by atoms with Crippen molar-refractivity contribution in [3.05, 3.63) is 34.4 Å². The van der Waals surface area contributed by atoms with Crippen LogP contribution < -0.4 is 5.56 Å². The molecule has 0 spiro atoms. The van der Waals surface area contributed by atoms with E-state index in [0.29, 0.717) is 17.5 Å². The molecule has 0 aliphatic heterocycles. The van der Waals surface area contributed by atoms with Gasteiger partial charge in [-0.1, -0.05) is 0 Å². The van der Waals surface area contributed by atoms with Gasteiger partial charge in [-0.05, 0) is 13.0 Å². The van der Waals surface area contributed by atoms with E-state index < -0.39 is 0 Å². The highest BCUT2D eigenvalue weighted by molar-refractivity contribution is 5.76. The van der Waals surface area contributed by atoms with Crippen LogP contribution in [-0.4, -0.2) is 16.3 Å². The van der Waals surface area contributed by atoms with Crippen LogP contribution in [0.2, 0.25) is 0 Å². The van der Waals surface area contributed by atoms with Crippen LogP contribution in [0.1, 0.15) is 5.69 Å². The number of aliphatic hydroxyl groups is 1. The number of pyridine rings is 1. The van der Waals surface area contributed by atoms with Crippen molar-refractivity contribution < 1.29 is 9.52 Å². The minimum absolute atomic E-state index is 0.0376. The number of aromatic nitrogens is 1. The van der Waals surface area contributed by atoms with Gasteiger partial charge in [0.05, 0.1) is 18.3 Å². The fourth-order valence-electron chi connectivity index (χ4n) is 1.56. The lowest BCUT2D eigenvalue weighted by atomic mass is 10.3. The molecular weight excluding hydrogens is 182 g/mol. The van der Waals surface area contributed by atoms with Crippen molar-refractivity contribution in [1.29, 1.82) is 0 Å². The fourth-order valence-corrected chi connectivity index (χ4v) is 1.56. The van der Waals surface area contributed by atoms with Crippen molar-refractivity contribution >= 4 is 11.0 Å². The first kappa shape index (κ1) is 9.02. The van der Waals surface area contributed by atoms with Crippen LogP contribution >= 0.6 is 0 Å². The maximum absolute atomic E-state index is 11.8. The molecule has 4 heteroatoms. The standard InChI is InChI=1S/C10H11NO3/c1-7-6-9-8(2-5-14-9)10(13)11(7)3-4-12/h2,5-6,12H,3-4H2,1H3. The Morgan fingerprint density at radius 3 is 3.07 bits per heavy atom. The van der Waals surface area contributed by atoms with Gasteiger partial charge in [0.1, 0.15) is 5.58 Å². The number of nitrogens with zero attached hydrogens (tertiary/aromatic N) is 1. The summed E-state index contributed by atoms with van der Waals surface area (Å²) in [7, 11) is 0. The van der Waals surface area contributed by atoms with Crippen LogP contribution in [0.4, 0.5) is 0 Å². The van der Waals surface area contributed by atoms with Crippen molar-refractivity contribution in [1.82, 2.24) is 4.57 Å². The maximum atomic E-state index is 11.8. The zero-order chi connectivity index (χ0) is 10.1. The Labute approximate surface area is 80.4 Å². The minimum Gasteiger partial charge on any atom is -0.464 e. The molecule has 0 aromatic carbocycles. The van der Waals surface area contributed by atoms with E-state index in [0.717, 1.165) is 5.69 Å². The summed E-state index contributed by atoms with van der Waals surface area (Å²) in [6, 6.07) is 3.44. The summed E-state index contributed by atoms with van der Waals surface area (Å²) >= 11 is 0. The topological polar surface area (TPSA) is 55.4 Å². The second-order valence-corrected chi connectivity index (χ2v) is 3.16. The van der Waals surface area contributed by atoms with Crippen molar-refractivity contribution in [3.8, 4) is 0 Å². The van der Waals surface area contributed by atoms with Gasteiger partial charge in [0, 0.05) is 18.3 Å². The van der Waals surface area contributed by atoms with Crippen molar-refractivity contribution in [2.45, 2.75) is 13.5 Å². The van der Waals surface area contributed by atoms with Crippen LogP contribution in [0.3, 0.4) is 0 Å². The second-order valence-electron chi connectivity index (χ2n) is 3.16. The van der Waals surface area contributed by atoms with Crippen molar-refractivity contribution in [2.24, 2.45) is 0 Å². The van der Waals surface area contributed by atoms with Gasteiger partial charge in [-0.3, -0.25) is 4.79 Å². The number of aliphatic hydroxyl groups excluding tert-OH is 1. The lowest BCUT2D eigenvalue weighted by Gasteiger charge is -2.07. The minimum atomic E-state index is -0.109. The van der Waals surface area contributed by atoms with E-state index in [1.165, 1.54) is 10.8 Å². The third kappa shape index (κ3) is 1.24. The summed E-state index contributed by atoms with van der Waals surface area (Å²) in [6.45, 7) is 2.11. The smallest absolute Gasteiger partial charge is 0.261 e. The van der Waals surface area contributed by atoms with E-state index in [9.17, 15) is 4.79 Å². The molecule has 0 aliphatic rings. The van der Waals surface area contributed by atoms with Gasteiger partial charge in [0.2, 0.25) is 0 Å². The van der Waals surface area contributed by atoms with Gasteiger partial charge < -0.3 is 14.1 Å². The predicted molar refractivity (Wildman–Crippen MR) is 52.3 cm³/mol. The molecule has 0 amide bonds. The number of hydrogen-bond donors (Lipinski definition) is 1. The Morgan fingerprint density at radius 2 is 2.36 bits per heavy atom. The van der Waals surface area contributed by atoms with Gasteiger partial charge >= 0.3 is 0 Å². The number of hydrogen-bond acceptors (Lipinski definition) is 3. The van der Waals surface area contributed by atoms with Crippen LogP contribution in [0.25, 0.3) is 11.0 Å². The highest BCUT2D eigenvalue weighted by Gasteiger charge is 2.07. The van der Waals surface area contributed by atoms with Crippen LogP contribution in [0, 0.1) is 6.92 Å². The zero-order valence-corrected chi connectivity index (χ0v) is 7.86. The maximum Gasteiger partial charge on any atom is 0.261 e. The molecule has 0 saturated heterocycles. The molecule has 74 valence electrons. The molecule has 2 aromatic rings. The SMILES string of the molecule is Cc1cc2occc2c(=O)n1CCO. The Balaban J connectivity index is 2.76. The normalized spacial score (nSPS) is 11.0. The third-order valence-corrected chi connectivity index (χ3v) is 2.26. The number of fused-ring (bicyclic) bond motifs is 1. The lowest BCUT2D eigenvalue weighted by molar-refractivity contribution is 0.273. The molecule has 14 heavy (non-hydrogen) atoms. The average molecular weight is 193 g/mol. The summed E-state index contributed by atoms with van der Waals surface area (Å²) < 4.78 is 6.68. The first-order valence-corrected chi connectivity index (χ1v) is 4.42. The summed E-state index contributed by atoms with van der Waals surface area (Å²) in [5.74, 6) is 0. The molecular formula is C10H11NO3. The van der Waals surface area contributed by atoms with Crippen LogP contribution in [0.15, 0.2) is 27.6 Å². The van der Waals surface area contributed by atoms with Gasteiger partial charge in [0.15, 0.2) is 0 Å². The molecule has 1 N–H and O–H groups in total. The third-order valence-electron chi connectivity index (χ3n) is 2.26. The lowest BCUT2D eigenvalue weighted by Crippen LogP contribution is -2.23. The molecule has 0 fully saturated rings. The molecule has 2 rings (SSSR count). The first-order chi connectivity index (χ1) is 6.74. The second kappa shape index (κ2) is 3.31. The van der Waals surface area contributed by atoms with E-state index in [-0.39, 0.29) is 12.2 Å². The molecule has 0 atom stereocenters. The highest BCUT2D eigenvalue weighted by Crippen LogP contribution is 2.12. The number of rotatable bonds is 2. The number of furan rings is 1. The van der Waals surface area contributed by atoms with Gasteiger partial charge in [-0.2, -0.15) is 0 Å². The Hall–Kier alpha value is -1.55. The Kier molecular flexibility index (Phi) is 2.13. The molecule has 0 saturated carbocycles. The van der Waals surface area contributed by atoms with Crippen molar-refractivity contribution in [2.75, 3.05) is 6.61 Å². The van der Waals surface area contributed by atoms with E-state index in [1.807, 2.05) is 6.92 Å². The molecule has 0 unspecified atom stereocenters. The molecule has 2 aromatic heterocycles. The summed E-state index contributed by atoms with van der Waals surface area (Å²) in [5, 5.41) is 9.37. The van der Waals surface area contributed by atoms with Gasteiger partial charge in [-0.25, -0.2) is 0 Å². The predicted octanol–water partition coefficient (Wildman–Crippen LogP) is 0.895. The fraction of sp³-hybridized carbons (Fsp3) is 0.300. The van der Waals surface area contributed by atoms with Crippen molar-refractivity contribution in [3.63, 3.8) is 0 Å². The molecule has 0 bridgehead atoms. The summed E-state index contributed by atoms with van der Waals surface area (Å²) in [4.78, 5) is 11.8. The largest absolute Gasteiger partial charge is 0.464 e. The Bertz CT molecular complexity index is 510. The van der Waals surface area contributed by atoms with E-state index in [2.05, 4.69) is 0 Å². The average Bonchev–Trinajstić information content (AvgIpc) is 2.60. The summed E-state index contributed by atoms with van der Waals surface area (Å²) in [6.07, 6.45) is 1.49. The Morgan fingerprint density at radius 1 is 1.57 bits per heavy atom. The molecule has 4 nitrogen and oxygen atoms in total. The van der Waals surface area contributed by atoms with Gasteiger partial charge in [-0.15, -0.1) is 0 Å². The molecule has 2 heterocycles. The van der Waals surface area contributed by atoms with Crippen LogP contribution in [-0.2, 0) is 6.54 Å².